The molecule has 0 radical (unpaired) electrons. The molecule has 2 aromatic rings. The fourth-order valence-electron chi connectivity index (χ4n) is 2.45. The Bertz CT molecular complexity index is 800. The van der Waals surface area contributed by atoms with Crippen molar-refractivity contribution in [1.82, 2.24) is 0 Å². The molecule has 2 aromatic carbocycles. The van der Waals surface area contributed by atoms with E-state index in [1.54, 1.807) is 12.1 Å². The van der Waals surface area contributed by atoms with E-state index in [0.29, 0.717) is 31.9 Å². The van der Waals surface area contributed by atoms with Gasteiger partial charge < -0.3 is 14.4 Å². The van der Waals surface area contributed by atoms with Gasteiger partial charge in [-0.05, 0) is 50.1 Å². The van der Waals surface area contributed by atoms with Crippen LogP contribution in [0, 0.1) is 21.4 Å². The number of nitrogens with one attached hydrogen (secondary N) is 1. The van der Waals surface area contributed by atoms with Gasteiger partial charge in [0.15, 0.2) is 0 Å². The number of benzene rings is 2. The quantitative estimate of drug-likeness (QED) is 0.374. The van der Waals surface area contributed by atoms with Crippen molar-refractivity contribution in [3.05, 3.63) is 63.7 Å². The molecular weight excluding hydrogens is 365 g/mol. The summed E-state index contributed by atoms with van der Waals surface area (Å²) < 4.78 is 11.3. The lowest BCUT2D eigenvalue weighted by Crippen LogP contribution is -2.09. The average molecular weight is 387 g/mol. The third kappa shape index (κ3) is 6.00. The monoisotopic (exact) mass is 387 g/mol. The molecule has 0 bridgehead atoms. The van der Waals surface area contributed by atoms with Gasteiger partial charge in [-0.3, -0.25) is 10.1 Å². The molecule has 0 aliphatic heterocycles. The fraction of sp³-hybridized carbons (Fsp3) is 0.316. The molecule has 142 valence electrons. The van der Waals surface area contributed by atoms with Crippen molar-refractivity contribution in [3.63, 3.8) is 0 Å². The maximum absolute atomic E-state index is 11.2. The summed E-state index contributed by atoms with van der Waals surface area (Å²) in [5.74, 6) is 0. The fourth-order valence-corrected chi connectivity index (χ4v) is 3.68. The first-order valence-electron chi connectivity index (χ1n) is 8.66. The Labute approximate surface area is 160 Å². The summed E-state index contributed by atoms with van der Waals surface area (Å²) in [6.45, 7) is 5.62. The molecule has 0 spiro atoms. The summed E-state index contributed by atoms with van der Waals surface area (Å²) in [4.78, 5) is 10.7. The van der Waals surface area contributed by atoms with Crippen LogP contribution in [0.3, 0.4) is 0 Å². The van der Waals surface area contributed by atoms with Crippen LogP contribution in [0.25, 0.3) is 0 Å². The summed E-state index contributed by atoms with van der Waals surface area (Å²) in [5.41, 5.74) is 1.68. The Morgan fingerprint density at radius 1 is 1.15 bits per heavy atom. The molecule has 1 N–H and O–H groups in total. The lowest BCUT2D eigenvalue weighted by molar-refractivity contribution is -0.384. The smallest absolute Gasteiger partial charge is 0.293 e. The Morgan fingerprint density at radius 2 is 1.81 bits per heavy atom. The number of hydrogen-bond donors (Lipinski definition) is 1. The molecule has 0 fully saturated rings. The Kier molecular flexibility index (Phi) is 8.15. The molecule has 8 heteroatoms. The first-order valence-corrected chi connectivity index (χ1v) is 9.84. The van der Waals surface area contributed by atoms with Gasteiger partial charge in [0.2, 0.25) is 8.38 Å². The van der Waals surface area contributed by atoms with Crippen molar-refractivity contribution in [3.8, 4) is 6.07 Å². The molecule has 0 aliphatic rings. The van der Waals surface area contributed by atoms with Crippen LogP contribution in [-0.2, 0) is 15.5 Å². The van der Waals surface area contributed by atoms with E-state index < -0.39 is 13.3 Å². The summed E-state index contributed by atoms with van der Waals surface area (Å²) in [6, 6.07) is 14.3. The highest BCUT2D eigenvalue weighted by Gasteiger charge is 2.15. The van der Waals surface area contributed by atoms with Crippen molar-refractivity contribution < 1.29 is 14.0 Å². The first kappa shape index (κ1) is 20.8. The minimum Gasteiger partial charge on any atom is -0.379 e. The zero-order chi connectivity index (χ0) is 19.6. The van der Waals surface area contributed by atoms with Crippen LogP contribution < -0.4 is 10.6 Å². The van der Waals surface area contributed by atoms with Gasteiger partial charge in [-0.1, -0.05) is 12.1 Å². The van der Waals surface area contributed by atoms with Crippen LogP contribution in [0.4, 0.5) is 11.4 Å². The van der Waals surface area contributed by atoms with Gasteiger partial charge in [0, 0.05) is 17.9 Å². The number of rotatable bonds is 10. The van der Waals surface area contributed by atoms with E-state index >= 15 is 0 Å². The topological polar surface area (TPSA) is 97.4 Å². The van der Waals surface area contributed by atoms with Crippen molar-refractivity contribution in [2.75, 3.05) is 25.1 Å². The van der Waals surface area contributed by atoms with E-state index in [1.165, 1.54) is 6.07 Å². The molecule has 0 atom stereocenters. The van der Waals surface area contributed by atoms with Gasteiger partial charge in [0.05, 0.1) is 29.8 Å². The third-order valence-corrected chi connectivity index (χ3v) is 5.40. The molecule has 0 heterocycles. The number of nitrogens with zero attached hydrogens (tertiary/aromatic N) is 2. The van der Waals surface area contributed by atoms with Crippen molar-refractivity contribution in [1.29, 1.82) is 5.26 Å². The highest BCUT2D eigenvalue weighted by atomic mass is 31.2. The van der Waals surface area contributed by atoms with E-state index in [-0.39, 0.29) is 11.3 Å². The standard InChI is InChI=1S/C19H22N3O4P/c1-3-25-27(26-4-2)17-8-5-15(6-9-17)11-12-21-18-10-7-16(14-20)13-19(18)22(23)24/h5-10,13,21H,3-4,11-12H2,1-2H3. The molecule has 2 rings (SSSR count). The Balaban J connectivity index is 1.98. The molecule has 27 heavy (non-hydrogen) atoms. The molecule has 7 nitrogen and oxygen atoms in total. The van der Waals surface area contributed by atoms with Gasteiger partial charge >= 0.3 is 0 Å². The Hall–Kier alpha value is -2.52. The SMILES string of the molecule is CCOP(OCC)c1ccc(CCNc2ccc(C#N)cc2[N+](=O)[O-])cc1. The van der Waals surface area contributed by atoms with E-state index in [4.69, 9.17) is 14.3 Å². The summed E-state index contributed by atoms with van der Waals surface area (Å²) in [7, 11) is -1.05. The minimum atomic E-state index is -1.05. The van der Waals surface area contributed by atoms with Gasteiger partial charge in [0.25, 0.3) is 5.69 Å². The van der Waals surface area contributed by atoms with Gasteiger partial charge in [-0.2, -0.15) is 5.26 Å². The average Bonchev–Trinajstić information content (AvgIpc) is 2.68. The van der Waals surface area contributed by atoms with Crippen LogP contribution in [0.2, 0.25) is 0 Å². The zero-order valence-electron chi connectivity index (χ0n) is 15.3. The molecule has 0 amide bonds. The second kappa shape index (κ2) is 10.6. The minimum absolute atomic E-state index is 0.0940. The van der Waals surface area contributed by atoms with E-state index in [2.05, 4.69) is 5.32 Å². The van der Waals surface area contributed by atoms with E-state index in [0.717, 1.165) is 10.9 Å². The number of nitriles is 1. The molecule has 0 unspecified atom stereocenters. The number of nitro groups is 1. The number of hydrogen-bond acceptors (Lipinski definition) is 6. The predicted octanol–water partition coefficient (Wildman–Crippen LogP) is 4.13. The molecule has 0 aliphatic carbocycles. The molecule has 0 saturated carbocycles. The second-order valence-corrected chi connectivity index (χ2v) is 7.08. The second-order valence-electron chi connectivity index (χ2n) is 5.54. The highest BCUT2D eigenvalue weighted by molar-refractivity contribution is 7.56. The predicted molar refractivity (Wildman–Crippen MR) is 106 cm³/mol. The van der Waals surface area contributed by atoms with Gasteiger partial charge in [-0.15, -0.1) is 0 Å². The molecular formula is C19H22N3O4P. The largest absolute Gasteiger partial charge is 0.379 e. The van der Waals surface area contributed by atoms with Crippen molar-refractivity contribution >= 4 is 25.1 Å². The lowest BCUT2D eigenvalue weighted by atomic mass is 10.1. The molecule has 0 aromatic heterocycles. The highest BCUT2D eigenvalue weighted by Crippen LogP contribution is 2.36. The van der Waals surface area contributed by atoms with Crippen LogP contribution >= 0.6 is 8.38 Å². The Morgan fingerprint density at radius 3 is 2.37 bits per heavy atom. The summed E-state index contributed by atoms with van der Waals surface area (Å²) in [5, 5.41) is 24.1. The van der Waals surface area contributed by atoms with Crippen LogP contribution in [0.5, 0.6) is 0 Å². The first-order chi connectivity index (χ1) is 13.1. The van der Waals surface area contributed by atoms with E-state index in [9.17, 15) is 10.1 Å². The maximum Gasteiger partial charge on any atom is 0.293 e. The normalized spacial score (nSPS) is 10.6. The van der Waals surface area contributed by atoms with Crippen LogP contribution in [0.1, 0.15) is 25.0 Å². The van der Waals surface area contributed by atoms with Gasteiger partial charge in [0.1, 0.15) is 5.69 Å². The lowest BCUT2D eigenvalue weighted by Gasteiger charge is -2.16. The number of anilines is 1. The van der Waals surface area contributed by atoms with Crippen molar-refractivity contribution in [2.45, 2.75) is 20.3 Å². The number of nitro benzene ring substituents is 1. The summed E-state index contributed by atoms with van der Waals surface area (Å²) in [6.07, 6.45) is 0.707. The van der Waals surface area contributed by atoms with E-state index in [1.807, 2.05) is 44.2 Å². The van der Waals surface area contributed by atoms with Crippen LogP contribution in [-0.4, -0.2) is 24.7 Å². The van der Waals surface area contributed by atoms with Crippen molar-refractivity contribution in [2.24, 2.45) is 0 Å². The maximum atomic E-state index is 11.2. The van der Waals surface area contributed by atoms with Gasteiger partial charge in [-0.25, -0.2) is 0 Å². The summed E-state index contributed by atoms with van der Waals surface area (Å²) >= 11 is 0. The zero-order valence-corrected chi connectivity index (χ0v) is 16.2. The third-order valence-electron chi connectivity index (χ3n) is 3.69. The molecule has 0 saturated heterocycles. The van der Waals surface area contributed by atoms with Crippen LogP contribution in [0.15, 0.2) is 42.5 Å².